The van der Waals surface area contributed by atoms with E-state index in [1.54, 1.807) is 36.6 Å². The molecule has 2 aromatic carbocycles. The number of aryl methyl sites for hydroxylation is 1. The lowest BCUT2D eigenvalue weighted by molar-refractivity contribution is 0.102. The Labute approximate surface area is 176 Å². The quantitative estimate of drug-likeness (QED) is 0.248. The van der Waals surface area contributed by atoms with E-state index in [0.717, 1.165) is 5.56 Å². The number of hydrogen-bond donors (Lipinski definition) is 0. The van der Waals surface area contributed by atoms with Gasteiger partial charge in [0.05, 0.1) is 29.5 Å². The number of thioether (sulfide) groups is 1. The van der Waals surface area contributed by atoms with Crippen molar-refractivity contribution in [2.24, 2.45) is 0 Å². The molecule has 0 aliphatic rings. The Morgan fingerprint density at radius 3 is 2.69 bits per heavy atom. The number of halogens is 1. The lowest BCUT2D eigenvalue weighted by Crippen LogP contribution is -2.24. The van der Waals surface area contributed by atoms with Crippen molar-refractivity contribution in [3.8, 4) is 0 Å². The molecular weight excluding hydrogens is 408 g/mol. The zero-order chi connectivity index (χ0) is 20.4. The highest BCUT2D eigenvalue weighted by Gasteiger charge is 2.15. The van der Waals surface area contributed by atoms with Crippen molar-refractivity contribution < 1.29 is 9.21 Å². The lowest BCUT2D eigenvalue weighted by atomic mass is 10.1. The fraction of sp³-hybridized carbons (Fsp3) is 0.136. The molecule has 2 aromatic heterocycles. The van der Waals surface area contributed by atoms with Gasteiger partial charge in [0.2, 0.25) is 0 Å². The van der Waals surface area contributed by atoms with E-state index < -0.39 is 0 Å². The van der Waals surface area contributed by atoms with Gasteiger partial charge in [0.15, 0.2) is 10.9 Å². The molecule has 29 heavy (non-hydrogen) atoms. The molecule has 0 atom stereocenters. The van der Waals surface area contributed by atoms with Crippen LogP contribution in [0.5, 0.6) is 0 Å². The first-order valence-electron chi connectivity index (χ1n) is 8.96. The van der Waals surface area contributed by atoms with Gasteiger partial charge in [-0.2, -0.15) is 0 Å². The molecule has 7 heteroatoms. The van der Waals surface area contributed by atoms with Crippen LogP contribution in [0.3, 0.4) is 0 Å². The number of ketones is 1. The Morgan fingerprint density at radius 2 is 1.97 bits per heavy atom. The summed E-state index contributed by atoms with van der Waals surface area (Å²) < 4.78 is 6.93. The number of furan rings is 1. The number of carbonyl (C=O) groups is 1. The fourth-order valence-corrected chi connectivity index (χ4v) is 3.99. The van der Waals surface area contributed by atoms with Crippen LogP contribution in [0, 0.1) is 6.92 Å². The molecule has 0 saturated heterocycles. The highest BCUT2D eigenvalue weighted by Crippen LogP contribution is 2.22. The monoisotopic (exact) mass is 424 g/mol. The summed E-state index contributed by atoms with van der Waals surface area (Å²) in [6.45, 7) is 2.21. The van der Waals surface area contributed by atoms with Crippen molar-refractivity contribution in [2.75, 3.05) is 5.75 Å². The van der Waals surface area contributed by atoms with E-state index in [9.17, 15) is 9.59 Å². The third-order valence-corrected chi connectivity index (χ3v) is 5.69. The maximum Gasteiger partial charge on any atom is 0.262 e. The number of hydrogen-bond acceptors (Lipinski definition) is 5. The first-order valence-corrected chi connectivity index (χ1v) is 10.3. The second-order valence-corrected chi connectivity index (χ2v) is 7.98. The summed E-state index contributed by atoms with van der Waals surface area (Å²) in [5.41, 5.74) is 2.03. The van der Waals surface area contributed by atoms with Crippen molar-refractivity contribution in [1.29, 1.82) is 0 Å². The Balaban J connectivity index is 1.69. The van der Waals surface area contributed by atoms with Crippen LogP contribution in [0.4, 0.5) is 0 Å². The van der Waals surface area contributed by atoms with Crippen molar-refractivity contribution in [3.05, 3.63) is 93.1 Å². The second-order valence-electron chi connectivity index (χ2n) is 6.60. The summed E-state index contributed by atoms with van der Waals surface area (Å²) in [5, 5.41) is 1.41. The van der Waals surface area contributed by atoms with E-state index in [1.807, 2.05) is 31.2 Å². The Morgan fingerprint density at radius 1 is 1.17 bits per heavy atom. The van der Waals surface area contributed by atoms with Crippen molar-refractivity contribution >= 4 is 40.0 Å². The number of nitrogens with zero attached hydrogens (tertiary/aromatic N) is 2. The molecule has 0 unspecified atom stereocenters. The number of Topliss-reactive ketones (excluding diaryl/α,β-unsaturated/α-hetero) is 1. The van der Waals surface area contributed by atoms with Crippen LogP contribution in [0.25, 0.3) is 10.9 Å². The van der Waals surface area contributed by atoms with Gasteiger partial charge in [0.25, 0.3) is 5.56 Å². The van der Waals surface area contributed by atoms with Crippen LogP contribution >= 0.6 is 23.4 Å². The molecule has 146 valence electrons. The molecule has 0 saturated carbocycles. The minimum atomic E-state index is -0.201. The van der Waals surface area contributed by atoms with Crippen LogP contribution in [0.1, 0.15) is 21.7 Å². The molecule has 4 aromatic rings. The molecule has 0 amide bonds. The molecule has 4 rings (SSSR count). The maximum absolute atomic E-state index is 13.1. The third-order valence-electron chi connectivity index (χ3n) is 4.48. The van der Waals surface area contributed by atoms with E-state index in [2.05, 4.69) is 4.98 Å². The van der Waals surface area contributed by atoms with E-state index in [-0.39, 0.29) is 23.6 Å². The Bertz CT molecular complexity index is 1230. The van der Waals surface area contributed by atoms with Crippen LogP contribution in [-0.2, 0) is 6.54 Å². The molecule has 0 spiro atoms. The zero-order valence-electron chi connectivity index (χ0n) is 15.6. The molecular formula is C22H17ClN2O3S. The summed E-state index contributed by atoms with van der Waals surface area (Å²) in [7, 11) is 0. The summed E-state index contributed by atoms with van der Waals surface area (Å²) in [4.78, 5) is 30.3. The van der Waals surface area contributed by atoms with Gasteiger partial charge >= 0.3 is 0 Å². The predicted octanol–water partition coefficient (Wildman–Crippen LogP) is 4.97. The average molecular weight is 425 g/mol. The van der Waals surface area contributed by atoms with Gasteiger partial charge in [-0.25, -0.2) is 4.98 Å². The first-order chi connectivity index (χ1) is 14.0. The smallest absolute Gasteiger partial charge is 0.262 e. The standard InChI is InChI=1S/C22H17ClN2O3S/c1-14-4-6-15(7-5-14)20(26)13-29-22-24-19-11-16(23)8-9-18(19)21(27)25(22)12-17-3-2-10-28-17/h2-11H,12-13H2,1H3. The van der Waals surface area contributed by atoms with Gasteiger partial charge in [-0.15, -0.1) is 0 Å². The largest absolute Gasteiger partial charge is 0.467 e. The topological polar surface area (TPSA) is 65.1 Å². The molecule has 0 fully saturated rings. The molecule has 0 radical (unpaired) electrons. The van der Waals surface area contributed by atoms with Crippen molar-refractivity contribution in [3.63, 3.8) is 0 Å². The van der Waals surface area contributed by atoms with Gasteiger partial charge in [-0.05, 0) is 37.3 Å². The SMILES string of the molecule is Cc1ccc(C(=O)CSc2nc3cc(Cl)ccc3c(=O)n2Cc2ccco2)cc1. The molecule has 0 aliphatic carbocycles. The Kier molecular flexibility index (Phi) is 5.56. The first kappa shape index (κ1) is 19.5. The molecule has 5 nitrogen and oxygen atoms in total. The van der Waals surface area contributed by atoms with E-state index in [0.29, 0.717) is 32.4 Å². The van der Waals surface area contributed by atoms with Crippen LogP contribution in [0.15, 0.2) is 75.2 Å². The number of benzene rings is 2. The summed E-state index contributed by atoms with van der Waals surface area (Å²) in [6.07, 6.45) is 1.56. The van der Waals surface area contributed by atoms with Gasteiger partial charge in [0, 0.05) is 10.6 Å². The van der Waals surface area contributed by atoms with Gasteiger partial charge in [0.1, 0.15) is 5.76 Å². The fourth-order valence-electron chi connectivity index (χ4n) is 2.93. The Hall–Kier alpha value is -2.83. The number of fused-ring (bicyclic) bond motifs is 1. The maximum atomic E-state index is 13.1. The molecule has 0 bridgehead atoms. The van der Waals surface area contributed by atoms with E-state index in [4.69, 9.17) is 16.0 Å². The minimum absolute atomic E-state index is 0.0278. The zero-order valence-corrected chi connectivity index (χ0v) is 17.2. The highest BCUT2D eigenvalue weighted by atomic mass is 35.5. The van der Waals surface area contributed by atoms with E-state index >= 15 is 0 Å². The highest BCUT2D eigenvalue weighted by molar-refractivity contribution is 7.99. The van der Waals surface area contributed by atoms with Gasteiger partial charge < -0.3 is 4.42 Å². The number of aromatic nitrogens is 2. The normalized spacial score (nSPS) is 11.1. The van der Waals surface area contributed by atoms with Crippen LogP contribution in [-0.4, -0.2) is 21.1 Å². The van der Waals surface area contributed by atoms with Gasteiger partial charge in [-0.3, -0.25) is 14.2 Å². The molecule has 0 aliphatic heterocycles. The van der Waals surface area contributed by atoms with Crippen LogP contribution < -0.4 is 5.56 Å². The molecule has 2 heterocycles. The van der Waals surface area contributed by atoms with Crippen LogP contribution in [0.2, 0.25) is 5.02 Å². The van der Waals surface area contributed by atoms with Crippen molar-refractivity contribution in [1.82, 2.24) is 9.55 Å². The van der Waals surface area contributed by atoms with Crippen molar-refractivity contribution in [2.45, 2.75) is 18.6 Å². The number of carbonyl (C=O) groups excluding carboxylic acids is 1. The average Bonchev–Trinajstić information content (AvgIpc) is 3.22. The van der Waals surface area contributed by atoms with E-state index in [1.165, 1.54) is 16.3 Å². The number of rotatable bonds is 6. The lowest BCUT2D eigenvalue weighted by Gasteiger charge is -2.12. The van der Waals surface area contributed by atoms with Gasteiger partial charge in [-0.1, -0.05) is 53.2 Å². The molecule has 0 N–H and O–H groups in total. The minimum Gasteiger partial charge on any atom is -0.467 e. The predicted molar refractivity (Wildman–Crippen MR) is 115 cm³/mol. The summed E-state index contributed by atoms with van der Waals surface area (Å²) in [5.74, 6) is 0.772. The summed E-state index contributed by atoms with van der Waals surface area (Å²) in [6, 6.07) is 16.0. The third kappa shape index (κ3) is 4.28. The second kappa shape index (κ2) is 8.27. The summed E-state index contributed by atoms with van der Waals surface area (Å²) >= 11 is 7.30.